The fourth-order valence-corrected chi connectivity index (χ4v) is 3.26. The van der Waals surface area contributed by atoms with E-state index in [4.69, 9.17) is 5.73 Å². The largest absolute Gasteiger partial charge is 0.508 e. The van der Waals surface area contributed by atoms with Gasteiger partial charge in [0, 0.05) is 12.6 Å². The van der Waals surface area contributed by atoms with Crippen LogP contribution in [0, 0.1) is 5.92 Å². The van der Waals surface area contributed by atoms with Gasteiger partial charge in [-0.1, -0.05) is 6.07 Å². The standard InChI is InChI=1S/C14H18N2O2/c15-14(18)10-5-6-16(8-10)13-4-1-9-7-11(17)2-3-12(9)13/h2-3,7,10,13,17H,1,4-6,8H2,(H2,15,18). The van der Waals surface area contributed by atoms with E-state index in [0.717, 1.165) is 32.4 Å². The molecule has 1 heterocycles. The summed E-state index contributed by atoms with van der Waals surface area (Å²) in [5, 5.41) is 9.49. The van der Waals surface area contributed by atoms with E-state index in [1.165, 1.54) is 11.1 Å². The second-order valence-electron chi connectivity index (χ2n) is 5.32. The van der Waals surface area contributed by atoms with E-state index in [0.29, 0.717) is 11.8 Å². The summed E-state index contributed by atoms with van der Waals surface area (Å²) in [4.78, 5) is 13.6. The average molecular weight is 246 g/mol. The first-order valence-electron chi connectivity index (χ1n) is 6.50. The van der Waals surface area contributed by atoms with Gasteiger partial charge >= 0.3 is 0 Å². The van der Waals surface area contributed by atoms with Crippen molar-refractivity contribution in [2.24, 2.45) is 11.7 Å². The quantitative estimate of drug-likeness (QED) is 0.823. The van der Waals surface area contributed by atoms with E-state index in [9.17, 15) is 9.90 Å². The van der Waals surface area contributed by atoms with Gasteiger partial charge in [-0.25, -0.2) is 0 Å². The first-order chi connectivity index (χ1) is 8.65. The fourth-order valence-electron chi connectivity index (χ4n) is 3.26. The molecular weight excluding hydrogens is 228 g/mol. The summed E-state index contributed by atoms with van der Waals surface area (Å²) in [5.74, 6) is 0.165. The monoisotopic (exact) mass is 246 g/mol. The number of carbonyl (C=O) groups is 1. The molecule has 2 atom stereocenters. The molecule has 1 aliphatic carbocycles. The maximum absolute atomic E-state index is 11.2. The molecule has 0 radical (unpaired) electrons. The molecule has 0 spiro atoms. The maximum atomic E-state index is 11.2. The van der Waals surface area contributed by atoms with Crippen LogP contribution in [0.2, 0.25) is 0 Å². The van der Waals surface area contributed by atoms with Crippen LogP contribution in [-0.4, -0.2) is 29.0 Å². The van der Waals surface area contributed by atoms with Gasteiger partial charge in [-0.15, -0.1) is 0 Å². The number of primary amides is 1. The zero-order valence-electron chi connectivity index (χ0n) is 10.3. The number of carbonyl (C=O) groups excluding carboxylic acids is 1. The first-order valence-corrected chi connectivity index (χ1v) is 6.50. The van der Waals surface area contributed by atoms with Crippen LogP contribution < -0.4 is 5.73 Å². The van der Waals surface area contributed by atoms with E-state index in [1.807, 2.05) is 12.1 Å². The van der Waals surface area contributed by atoms with Gasteiger partial charge in [0.05, 0.1) is 5.92 Å². The molecule has 2 unspecified atom stereocenters. The predicted molar refractivity (Wildman–Crippen MR) is 68.0 cm³/mol. The van der Waals surface area contributed by atoms with Crippen molar-refractivity contribution in [2.45, 2.75) is 25.3 Å². The highest BCUT2D eigenvalue weighted by molar-refractivity contribution is 5.77. The van der Waals surface area contributed by atoms with Crippen molar-refractivity contribution in [3.05, 3.63) is 29.3 Å². The minimum absolute atomic E-state index is 0.00571. The summed E-state index contributed by atoms with van der Waals surface area (Å²) >= 11 is 0. The topological polar surface area (TPSA) is 66.6 Å². The second kappa shape index (κ2) is 4.28. The number of aromatic hydroxyl groups is 1. The normalized spacial score (nSPS) is 27.3. The lowest BCUT2D eigenvalue weighted by Crippen LogP contribution is -2.29. The Morgan fingerprint density at radius 1 is 1.39 bits per heavy atom. The number of nitrogens with zero attached hydrogens (tertiary/aromatic N) is 1. The summed E-state index contributed by atoms with van der Waals surface area (Å²) in [7, 11) is 0. The summed E-state index contributed by atoms with van der Waals surface area (Å²) in [6.45, 7) is 1.72. The lowest BCUT2D eigenvalue weighted by atomic mass is 10.1. The third kappa shape index (κ3) is 1.86. The van der Waals surface area contributed by atoms with Crippen molar-refractivity contribution < 1.29 is 9.90 Å². The Bertz CT molecular complexity index is 487. The Hall–Kier alpha value is -1.55. The predicted octanol–water partition coefficient (Wildman–Crippen LogP) is 1.19. The van der Waals surface area contributed by atoms with E-state index in [-0.39, 0.29) is 11.8 Å². The number of phenols is 1. The molecule has 18 heavy (non-hydrogen) atoms. The molecule has 3 rings (SSSR count). The van der Waals surface area contributed by atoms with Crippen LogP contribution in [0.3, 0.4) is 0 Å². The zero-order chi connectivity index (χ0) is 12.7. The van der Waals surface area contributed by atoms with Crippen LogP contribution in [0.4, 0.5) is 0 Å². The minimum Gasteiger partial charge on any atom is -0.508 e. The molecule has 1 aliphatic heterocycles. The number of hydrogen-bond acceptors (Lipinski definition) is 3. The number of rotatable bonds is 2. The van der Waals surface area contributed by atoms with Crippen molar-refractivity contribution in [3.8, 4) is 5.75 Å². The highest BCUT2D eigenvalue weighted by Gasteiger charge is 2.34. The van der Waals surface area contributed by atoms with Crippen LogP contribution in [0.25, 0.3) is 0 Å². The zero-order valence-corrected chi connectivity index (χ0v) is 10.3. The van der Waals surface area contributed by atoms with Crippen LogP contribution in [-0.2, 0) is 11.2 Å². The molecule has 2 aliphatic rings. The second-order valence-corrected chi connectivity index (χ2v) is 5.32. The number of amides is 1. The number of likely N-dealkylation sites (tertiary alicyclic amines) is 1. The van der Waals surface area contributed by atoms with E-state index < -0.39 is 0 Å². The van der Waals surface area contributed by atoms with Gasteiger partial charge in [0.25, 0.3) is 0 Å². The lowest BCUT2D eigenvalue weighted by molar-refractivity contribution is -0.121. The van der Waals surface area contributed by atoms with Gasteiger partial charge in [-0.2, -0.15) is 0 Å². The lowest BCUT2D eigenvalue weighted by Gasteiger charge is -2.24. The molecule has 96 valence electrons. The van der Waals surface area contributed by atoms with Gasteiger partial charge in [0.2, 0.25) is 5.91 Å². The number of hydrogen-bond donors (Lipinski definition) is 2. The van der Waals surface area contributed by atoms with Gasteiger partial charge < -0.3 is 10.8 Å². The third-order valence-electron chi connectivity index (χ3n) is 4.24. The van der Waals surface area contributed by atoms with Crippen LogP contribution in [0.1, 0.15) is 30.0 Å². The maximum Gasteiger partial charge on any atom is 0.221 e. The minimum atomic E-state index is -0.179. The molecule has 1 aromatic carbocycles. The third-order valence-corrected chi connectivity index (χ3v) is 4.24. The summed E-state index contributed by atoms with van der Waals surface area (Å²) in [6.07, 6.45) is 2.95. The number of phenolic OH excluding ortho intramolecular Hbond substituents is 1. The molecule has 1 aromatic rings. The van der Waals surface area contributed by atoms with Crippen LogP contribution in [0.5, 0.6) is 5.75 Å². The SMILES string of the molecule is NC(=O)C1CCN(C2CCc3cc(O)ccc32)C1. The summed E-state index contributed by atoms with van der Waals surface area (Å²) in [5.41, 5.74) is 7.92. The molecule has 4 nitrogen and oxygen atoms in total. The van der Waals surface area contributed by atoms with Crippen molar-refractivity contribution in [1.82, 2.24) is 4.90 Å². The molecule has 4 heteroatoms. The average Bonchev–Trinajstić information content (AvgIpc) is 2.92. The molecule has 1 amide bonds. The Morgan fingerprint density at radius 2 is 2.22 bits per heavy atom. The molecule has 0 saturated carbocycles. The Labute approximate surface area is 106 Å². The fraction of sp³-hybridized carbons (Fsp3) is 0.500. The van der Waals surface area contributed by atoms with Gasteiger partial charge in [-0.3, -0.25) is 9.69 Å². The number of benzene rings is 1. The highest BCUT2D eigenvalue weighted by atomic mass is 16.3. The molecule has 1 fully saturated rings. The van der Waals surface area contributed by atoms with Crippen LogP contribution in [0.15, 0.2) is 18.2 Å². The molecule has 0 bridgehead atoms. The molecule has 0 aromatic heterocycles. The van der Waals surface area contributed by atoms with Gasteiger partial charge in [0.15, 0.2) is 0 Å². The Balaban J connectivity index is 1.79. The molecular formula is C14H18N2O2. The summed E-state index contributed by atoms with van der Waals surface area (Å²) < 4.78 is 0. The highest BCUT2D eigenvalue weighted by Crippen LogP contribution is 2.39. The Morgan fingerprint density at radius 3 is 2.94 bits per heavy atom. The van der Waals surface area contributed by atoms with Gasteiger partial charge in [-0.05, 0) is 49.1 Å². The van der Waals surface area contributed by atoms with Crippen molar-refractivity contribution in [1.29, 1.82) is 0 Å². The Kier molecular flexibility index (Phi) is 2.74. The van der Waals surface area contributed by atoms with Crippen LogP contribution >= 0.6 is 0 Å². The smallest absolute Gasteiger partial charge is 0.221 e. The number of aryl methyl sites for hydroxylation is 1. The number of fused-ring (bicyclic) bond motifs is 1. The van der Waals surface area contributed by atoms with Gasteiger partial charge in [0.1, 0.15) is 5.75 Å². The summed E-state index contributed by atoms with van der Waals surface area (Å²) in [6, 6.07) is 6.01. The van der Waals surface area contributed by atoms with E-state index >= 15 is 0 Å². The molecule has 3 N–H and O–H groups in total. The molecule has 1 saturated heterocycles. The van der Waals surface area contributed by atoms with E-state index in [1.54, 1.807) is 6.07 Å². The number of nitrogens with two attached hydrogens (primary N) is 1. The first kappa shape index (κ1) is 11.5. The van der Waals surface area contributed by atoms with E-state index in [2.05, 4.69) is 4.90 Å². The van der Waals surface area contributed by atoms with Crippen molar-refractivity contribution >= 4 is 5.91 Å². The van der Waals surface area contributed by atoms with Crippen molar-refractivity contribution in [2.75, 3.05) is 13.1 Å². The van der Waals surface area contributed by atoms with Crippen molar-refractivity contribution in [3.63, 3.8) is 0 Å².